The first-order valence-corrected chi connectivity index (χ1v) is 3.73. The van der Waals surface area contributed by atoms with E-state index in [2.05, 4.69) is 0 Å². The third-order valence-electron chi connectivity index (χ3n) is 1.75. The zero-order valence-corrected chi connectivity index (χ0v) is 7.15. The molecule has 0 fully saturated rings. The summed E-state index contributed by atoms with van der Waals surface area (Å²) < 4.78 is 61.5. The minimum Gasteiger partial charge on any atom is -0.505 e. The third kappa shape index (κ3) is 2.35. The van der Waals surface area contributed by atoms with Gasteiger partial charge in [-0.15, -0.1) is 0 Å². The first kappa shape index (κ1) is 11.7. The maximum absolute atomic E-state index is 12.7. The number of phenols is 1. The molecule has 0 aliphatic rings. The summed E-state index contributed by atoms with van der Waals surface area (Å²) in [5, 5.41) is 8.93. The molecule has 0 saturated carbocycles. The van der Waals surface area contributed by atoms with Crippen molar-refractivity contribution in [2.24, 2.45) is 5.73 Å². The molecule has 0 unspecified atom stereocenters. The Balaban J connectivity index is 3.25. The Kier molecular flexibility index (Phi) is 2.85. The van der Waals surface area contributed by atoms with Crippen LogP contribution in [0, 0.1) is 11.6 Å². The van der Waals surface area contributed by atoms with Gasteiger partial charge in [0.15, 0.2) is 11.6 Å². The molecule has 1 rings (SSSR count). The lowest BCUT2D eigenvalue weighted by Crippen LogP contribution is -2.28. The van der Waals surface area contributed by atoms with Gasteiger partial charge < -0.3 is 10.8 Å². The molecule has 1 aromatic rings. The van der Waals surface area contributed by atoms with Crippen LogP contribution in [0.3, 0.4) is 0 Å². The smallest absolute Gasteiger partial charge is 0.407 e. The lowest BCUT2D eigenvalue weighted by Gasteiger charge is -2.17. The molecule has 0 amide bonds. The highest BCUT2D eigenvalue weighted by atomic mass is 19.4. The summed E-state index contributed by atoms with van der Waals surface area (Å²) in [6, 6.07) is -2.01. The van der Waals surface area contributed by atoms with Gasteiger partial charge >= 0.3 is 6.18 Å². The number of halogens is 5. The fraction of sp³-hybridized carbons (Fsp3) is 0.250. The Bertz CT molecular complexity index is 376. The standard InChI is InChI=1S/C8H6F5NO/c9-3-1-4(6(15)5(10)2-3)7(14)8(11,12)13/h1-2,7,15H,14H2/t7-/m1/s1. The zero-order chi connectivity index (χ0) is 11.8. The van der Waals surface area contributed by atoms with Crippen LogP contribution in [0.2, 0.25) is 0 Å². The Morgan fingerprint density at radius 3 is 2.20 bits per heavy atom. The van der Waals surface area contributed by atoms with Crippen molar-refractivity contribution < 1.29 is 27.1 Å². The van der Waals surface area contributed by atoms with E-state index < -0.39 is 35.2 Å². The van der Waals surface area contributed by atoms with Crippen LogP contribution in [0.1, 0.15) is 11.6 Å². The van der Waals surface area contributed by atoms with E-state index in [9.17, 15) is 22.0 Å². The van der Waals surface area contributed by atoms with E-state index in [1.54, 1.807) is 0 Å². The van der Waals surface area contributed by atoms with Gasteiger partial charge in [0.25, 0.3) is 0 Å². The van der Waals surface area contributed by atoms with E-state index in [4.69, 9.17) is 10.8 Å². The van der Waals surface area contributed by atoms with Crippen LogP contribution in [0.15, 0.2) is 12.1 Å². The Labute approximate surface area is 81.1 Å². The van der Waals surface area contributed by atoms with Crippen LogP contribution in [-0.4, -0.2) is 11.3 Å². The van der Waals surface area contributed by atoms with Crippen molar-refractivity contribution >= 4 is 0 Å². The maximum Gasteiger partial charge on any atom is 0.407 e. The quantitative estimate of drug-likeness (QED) is 0.722. The molecule has 0 aliphatic heterocycles. The summed E-state index contributed by atoms with van der Waals surface area (Å²) in [5.41, 5.74) is 3.66. The van der Waals surface area contributed by atoms with Crippen LogP contribution in [0.4, 0.5) is 22.0 Å². The largest absolute Gasteiger partial charge is 0.505 e. The number of hydrogen-bond acceptors (Lipinski definition) is 2. The zero-order valence-electron chi connectivity index (χ0n) is 7.15. The van der Waals surface area contributed by atoms with Crippen LogP contribution >= 0.6 is 0 Å². The van der Waals surface area contributed by atoms with Crippen molar-refractivity contribution in [1.29, 1.82) is 0 Å². The van der Waals surface area contributed by atoms with Crippen molar-refractivity contribution in [2.45, 2.75) is 12.2 Å². The van der Waals surface area contributed by atoms with Gasteiger partial charge in [-0.2, -0.15) is 13.2 Å². The predicted octanol–water partition coefficient (Wildman–Crippen LogP) is 2.23. The van der Waals surface area contributed by atoms with Crippen LogP contribution < -0.4 is 5.73 Å². The number of hydrogen-bond donors (Lipinski definition) is 2. The highest BCUT2D eigenvalue weighted by Gasteiger charge is 2.40. The first-order valence-electron chi connectivity index (χ1n) is 3.73. The molecule has 0 heterocycles. The van der Waals surface area contributed by atoms with Crippen molar-refractivity contribution in [3.63, 3.8) is 0 Å². The van der Waals surface area contributed by atoms with E-state index in [0.717, 1.165) is 0 Å². The molecule has 15 heavy (non-hydrogen) atoms. The number of alkyl halides is 3. The van der Waals surface area contributed by atoms with Crippen molar-refractivity contribution in [3.8, 4) is 5.75 Å². The van der Waals surface area contributed by atoms with Crippen molar-refractivity contribution in [1.82, 2.24) is 0 Å². The van der Waals surface area contributed by atoms with E-state index in [0.29, 0.717) is 6.07 Å². The van der Waals surface area contributed by atoms with Gasteiger partial charge in [-0.25, -0.2) is 8.78 Å². The summed E-state index contributed by atoms with van der Waals surface area (Å²) in [7, 11) is 0. The molecule has 0 aliphatic carbocycles. The summed E-state index contributed by atoms with van der Waals surface area (Å²) in [6.07, 6.45) is -4.88. The van der Waals surface area contributed by atoms with Gasteiger partial charge in [0.2, 0.25) is 0 Å². The van der Waals surface area contributed by atoms with Gasteiger partial charge in [-0.3, -0.25) is 0 Å². The second kappa shape index (κ2) is 3.65. The number of nitrogens with two attached hydrogens (primary N) is 1. The number of benzene rings is 1. The Morgan fingerprint density at radius 1 is 1.20 bits per heavy atom. The lowest BCUT2D eigenvalue weighted by atomic mass is 10.1. The average Bonchev–Trinajstić information content (AvgIpc) is 2.08. The fourth-order valence-corrected chi connectivity index (χ4v) is 0.999. The SMILES string of the molecule is N[C@H](c1cc(F)cc(F)c1O)C(F)(F)F. The molecule has 0 saturated heterocycles. The molecule has 0 spiro atoms. The molecule has 0 aromatic heterocycles. The third-order valence-corrected chi connectivity index (χ3v) is 1.75. The molecular formula is C8H6F5NO. The van der Waals surface area contributed by atoms with Gasteiger partial charge in [0, 0.05) is 11.6 Å². The summed E-state index contributed by atoms with van der Waals surface area (Å²) in [4.78, 5) is 0. The molecule has 1 atom stereocenters. The van der Waals surface area contributed by atoms with Crippen molar-refractivity contribution in [2.75, 3.05) is 0 Å². The minimum atomic E-state index is -4.88. The number of phenolic OH excluding ortho intramolecular Hbond substituents is 1. The van der Waals surface area contributed by atoms with Gasteiger partial charge in [-0.1, -0.05) is 0 Å². The molecule has 1 aromatic carbocycles. The maximum atomic E-state index is 12.7. The van der Waals surface area contributed by atoms with Crippen LogP contribution in [-0.2, 0) is 0 Å². The molecule has 2 nitrogen and oxygen atoms in total. The second-order valence-electron chi connectivity index (χ2n) is 2.84. The van der Waals surface area contributed by atoms with E-state index in [1.165, 1.54) is 0 Å². The van der Waals surface area contributed by atoms with Crippen LogP contribution in [0.5, 0.6) is 5.75 Å². The lowest BCUT2D eigenvalue weighted by molar-refractivity contribution is -0.149. The first-order chi connectivity index (χ1) is 6.73. The fourth-order valence-electron chi connectivity index (χ4n) is 0.999. The molecule has 0 bridgehead atoms. The molecule has 0 radical (unpaired) electrons. The number of aromatic hydroxyl groups is 1. The van der Waals surface area contributed by atoms with Gasteiger partial charge in [0.05, 0.1) is 0 Å². The van der Waals surface area contributed by atoms with E-state index in [1.807, 2.05) is 0 Å². The molecule has 84 valence electrons. The summed E-state index contributed by atoms with van der Waals surface area (Å²) in [6.45, 7) is 0. The average molecular weight is 227 g/mol. The number of rotatable bonds is 1. The van der Waals surface area contributed by atoms with Crippen LogP contribution in [0.25, 0.3) is 0 Å². The minimum absolute atomic E-state index is 0.266. The highest BCUT2D eigenvalue weighted by molar-refractivity contribution is 5.37. The van der Waals surface area contributed by atoms with Gasteiger partial charge in [0.1, 0.15) is 11.9 Å². The summed E-state index contributed by atoms with van der Waals surface area (Å²) in [5.74, 6) is -4.01. The van der Waals surface area contributed by atoms with E-state index >= 15 is 0 Å². The normalized spacial score (nSPS) is 14.0. The van der Waals surface area contributed by atoms with Crippen molar-refractivity contribution in [3.05, 3.63) is 29.3 Å². The molecule has 7 heteroatoms. The monoisotopic (exact) mass is 227 g/mol. The molecular weight excluding hydrogens is 221 g/mol. The second-order valence-corrected chi connectivity index (χ2v) is 2.84. The Hall–Kier alpha value is -1.37. The predicted molar refractivity (Wildman–Crippen MR) is 41.0 cm³/mol. The molecule has 3 N–H and O–H groups in total. The van der Waals surface area contributed by atoms with Gasteiger partial charge in [-0.05, 0) is 6.07 Å². The highest BCUT2D eigenvalue weighted by Crippen LogP contribution is 2.36. The topological polar surface area (TPSA) is 46.2 Å². The Morgan fingerprint density at radius 2 is 1.73 bits per heavy atom. The summed E-state index contributed by atoms with van der Waals surface area (Å²) >= 11 is 0. The van der Waals surface area contributed by atoms with E-state index in [-0.39, 0.29) is 6.07 Å².